The maximum Gasteiger partial charge on any atom is 0.237 e. The third-order valence-electron chi connectivity index (χ3n) is 1.93. The van der Waals surface area contributed by atoms with Crippen LogP contribution in [-0.4, -0.2) is 35.5 Å². The molecule has 1 amide bonds. The molecule has 3 nitrogen and oxygen atoms in total. The van der Waals surface area contributed by atoms with Crippen LogP contribution < -0.4 is 10.6 Å². The van der Waals surface area contributed by atoms with Crippen molar-refractivity contribution in [2.75, 3.05) is 11.5 Å². The first-order chi connectivity index (χ1) is 6.97. The van der Waals surface area contributed by atoms with Crippen LogP contribution in [0.4, 0.5) is 0 Å². The Labute approximate surface area is 97.8 Å². The Morgan fingerprint density at radius 1 is 1.27 bits per heavy atom. The van der Waals surface area contributed by atoms with Crippen molar-refractivity contribution >= 4 is 17.7 Å². The van der Waals surface area contributed by atoms with Crippen LogP contribution in [-0.2, 0) is 4.79 Å². The summed E-state index contributed by atoms with van der Waals surface area (Å²) >= 11 is 1.89. The molecule has 0 saturated heterocycles. The first-order valence-electron chi connectivity index (χ1n) is 5.61. The molecule has 2 N–H and O–H groups in total. The third-order valence-corrected chi connectivity index (χ3v) is 3.07. The molecule has 90 valence electrons. The van der Waals surface area contributed by atoms with Crippen molar-refractivity contribution in [3.05, 3.63) is 0 Å². The fourth-order valence-electron chi connectivity index (χ4n) is 1.25. The van der Waals surface area contributed by atoms with Crippen molar-refractivity contribution in [1.29, 1.82) is 0 Å². The first kappa shape index (κ1) is 14.8. The van der Waals surface area contributed by atoms with Gasteiger partial charge >= 0.3 is 0 Å². The summed E-state index contributed by atoms with van der Waals surface area (Å²) in [4.78, 5) is 11.6. The number of rotatable bonds is 7. The quantitative estimate of drug-likeness (QED) is 0.701. The van der Waals surface area contributed by atoms with Gasteiger partial charge in [0.2, 0.25) is 5.91 Å². The van der Waals surface area contributed by atoms with Gasteiger partial charge in [-0.3, -0.25) is 4.79 Å². The smallest absolute Gasteiger partial charge is 0.237 e. The first-order valence-corrected chi connectivity index (χ1v) is 6.77. The Morgan fingerprint density at radius 3 is 2.33 bits per heavy atom. The minimum atomic E-state index is -0.111. The summed E-state index contributed by atoms with van der Waals surface area (Å²) in [6.45, 7) is 10.1. The molecule has 0 aliphatic heterocycles. The van der Waals surface area contributed by atoms with Crippen LogP contribution in [0.3, 0.4) is 0 Å². The lowest BCUT2D eigenvalue weighted by atomic mass is 10.2. The number of carbonyl (C=O) groups is 1. The van der Waals surface area contributed by atoms with Crippen LogP contribution in [0.15, 0.2) is 0 Å². The molecular weight excluding hydrogens is 208 g/mol. The topological polar surface area (TPSA) is 41.1 Å². The molecule has 0 aliphatic carbocycles. The van der Waals surface area contributed by atoms with Crippen LogP contribution in [0.1, 0.15) is 34.6 Å². The van der Waals surface area contributed by atoms with E-state index in [1.807, 2.05) is 32.5 Å². The minimum Gasteiger partial charge on any atom is -0.353 e. The van der Waals surface area contributed by atoms with Crippen LogP contribution >= 0.6 is 11.8 Å². The zero-order valence-electron chi connectivity index (χ0n) is 10.5. The van der Waals surface area contributed by atoms with E-state index in [-0.39, 0.29) is 18.0 Å². The zero-order valence-corrected chi connectivity index (χ0v) is 11.3. The average Bonchev–Trinajstić information content (AvgIpc) is 2.13. The van der Waals surface area contributed by atoms with Crippen LogP contribution in [0.2, 0.25) is 0 Å². The van der Waals surface area contributed by atoms with Crippen molar-refractivity contribution in [3.8, 4) is 0 Å². The molecule has 2 atom stereocenters. The fourth-order valence-corrected chi connectivity index (χ4v) is 1.94. The van der Waals surface area contributed by atoms with E-state index < -0.39 is 0 Å². The van der Waals surface area contributed by atoms with Gasteiger partial charge in [-0.1, -0.05) is 6.92 Å². The molecule has 0 spiro atoms. The number of hydrogen-bond donors (Lipinski definition) is 2. The summed E-state index contributed by atoms with van der Waals surface area (Å²) in [5.74, 6) is 2.26. The molecule has 0 radical (unpaired) electrons. The van der Waals surface area contributed by atoms with Gasteiger partial charge in [0.05, 0.1) is 6.04 Å². The predicted molar refractivity (Wildman–Crippen MR) is 68.3 cm³/mol. The molecule has 15 heavy (non-hydrogen) atoms. The second-order valence-electron chi connectivity index (χ2n) is 4.11. The molecule has 0 rings (SSSR count). The molecule has 2 unspecified atom stereocenters. The summed E-state index contributed by atoms with van der Waals surface area (Å²) < 4.78 is 0. The Morgan fingerprint density at radius 2 is 1.87 bits per heavy atom. The average molecular weight is 232 g/mol. The van der Waals surface area contributed by atoms with Crippen LogP contribution in [0.5, 0.6) is 0 Å². The van der Waals surface area contributed by atoms with Crippen molar-refractivity contribution < 1.29 is 4.79 Å². The number of hydrogen-bond acceptors (Lipinski definition) is 3. The Balaban J connectivity index is 3.80. The molecule has 0 heterocycles. The van der Waals surface area contributed by atoms with Gasteiger partial charge < -0.3 is 10.6 Å². The summed E-state index contributed by atoms with van der Waals surface area (Å²) in [5, 5.41) is 6.18. The molecule has 0 aromatic heterocycles. The number of carbonyl (C=O) groups excluding carboxylic acids is 1. The molecule has 0 fully saturated rings. The van der Waals surface area contributed by atoms with E-state index in [4.69, 9.17) is 0 Å². The van der Waals surface area contributed by atoms with Gasteiger partial charge in [-0.15, -0.1) is 0 Å². The lowest BCUT2D eigenvalue weighted by Gasteiger charge is -2.20. The molecule has 0 aromatic carbocycles. The SMILES string of the molecule is CCSCC(C)NC(C)C(=O)NC(C)C. The van der Waals surface area contributed by atoms with Gasteiger partial charge in [0.15, 0.2) is 0 Å². The molecule has 0 saturated carbocycles. The fraction of sp³-hybridized carbons (Fsp3) is 0.909. The Bertz CT molecular complexity index is 185. The highest BCUT2D eigenvalue weighted by Crippen LogP contribution is 2.02. The van der Waals surface area contributed by atoms with E-state index in [1.54, 1.807) is 0 Å². The summed E-state index contributed by atoms with van der Waals surface area (Å²) in [6.07, 6.45) is 0. The van der Waals surface area contributed by atoms with Crippen molar-refractivity contribution in [3.63, 3.8) is 0 Å². The van der Waals surface area contributed by atoms with E-state index in [0.717, 1.165) is 11.5 Å². The van der Waals surface area contributed by atoms with Crippen LogP contribution in [0, 0.1) is 0 Å². The van der Waals surface area contributed by atoms with E-state index in [0.29, 0.717) is 6.04 Å². The number of nitrogens with one attached hydrogen (secondary N) is 2. The normalized spacial score (nSPS) is 15.1. The second kappa shape index (κ2) is 7.99. The van der Waals surface area contributed by atoms with Gasteiger partial charge in [0.1, 0.15) is 0 Å². The summed E-state index contributed by atoms with van der Waals surface area (Å²) in [6, 6.07) is 0.477. The second-order valence-corrected chi connectivity index (χ2v) is 5.43. The van der Waals surface area contributed by atoms with Gasteiger partial charge in [-0.05, 0) is 33.4 Å². The maximum absolute atomic E-state index is 11.6. The van der Waals surface area contributed by atoms with Crippen molar-refractivity contribution in [1.82, 2.24) is 10.6 Å². The molecule has 0 aliphatic rings. The van der Waals surface area contributed by atoms with E-state index in [9.17, 15) is 4.79 Å². The highest BCUT2D eigenvalue weighted by Gasteiger charge is 2.15. The summed E-state index contributed by atoms with van der Waals surface area (Å²) in [5.41, 5.74) is 0. The van der Waals surface area contributed by atoms with Gasteiger partial charge in [-0.2, -0.15) is 11.8 Å². The van der Waals surface area contributed by atoms with E-state index in [2.05, 4.69) is 24.5 Å². The van der Waals surface area contributed by atoms with E-state index >= 15 is 0 Å². The molecule has 4 heteroatoms. The maximum atomic E-state index is 11.6. The van der Waals surface area contributed by atoms with Crippen molar-refractivity contribution in [2.24, 2.45) is 0 Å². The van der Waals surface area contributed by atoms with Gasteiger partial charge in [-0.25, -0.2) is 0 Å². The van der Waals surface area contributed by atoms with Gasteiger partial charge in [0, 0.05) is 17.8 Å². The minimum absolute atomic E-state index is 0.0818. The lowest BCUT2D eigenvalue weighted by Crippen LogP contribution is -2.48. The zero-order chi connectivity index (χ0) is 11.8. The predicted octanol–water partition coefficient (Wildman–Crippen LogP) is 1.63. The largest absolute Gasteiger partial charge is 0.353 e. The highest BCUT2D eigenvalue weighted by atomic mass is 32.2. The van der Waals surface area contributed by atoms with Gasteiger partial charge in [0.25, 0.3) is 0 Å². The third kappa shape index (κ3) is 7.68. The number of amides is 1. The summed E-state index contributed by atoms with van der Waals surface area (Å²) in [7, 11) is 0. The molecule has 0 bridgehead atoms. The van der Waals surface area contributed by atoms with Crippen LogP contribution in [0.25, 0.3) is 0 Å². The Hall–Kier alpha value is -0.220. The Kier molecular flexibility index (Phi) is 7.88. The lowest BCUT2D eigenvalue weighted by molar-refractivity contribution is -0.123. The molecule has 0 aromatic rings. The standard InChI is InChI=1S/C11H24N2OS/c1-6-15-7-9(4)13-10(5)11(14)12-8(2)3/h8-10,13H,6-7H2,1-5H3,(H,12,14). The highest BCUT2D eigenvalue weighted by molar-refractivity contribution is 7.99. The van der Waals surface area contributed by atoms with E-state index in [1.165, 1.54) is 0 Å². The number of thioether (sulfide) groups is 1. The van der Waals surface area contributed by atoms with Crippen molar-refractivity contribution in [2.45, 2.75) is 52.7 Å². The molecular formula is C11H24N2OS. The monoisotopic (exact) mass is 232 g/mol.